The predicted octanol–water partition coefficient (Wildman–Crippen LogP) is 3.68. The molecule has 4 heteroatoms. The molecule has 0 spiro atoms. The number of ketones is 1. The maximum atomic E-state index is 13.3. The van der Waals surface area contributed by atoms with Crippen molar-refractivity contribution >= 4 is 17.5 Å². The molecule has 88 valence electrons. The molecule has 0 radical (unpaired) electrons. The van der Waals surface area contributed by atoms with Crippen LogP contribution < -0.4 is 0 Å². The lowest BCUT2D eigenvalue weighted by atomic mass is 10.1. The number of rotatable bonds is 3. The third-order valence-electron chi connectivity index (χ3n) is 1.88. The van der Waals surface area contributed by atoms with Crippen molar-refractivity contribution in [3.63, 3.8) is 0 Å². The Kier molecular flexibility index (Phi) is 4.08. The van der Waals surface area contributed by atoms with Gasteiger partial charge in [-0.25, -0.2) is 8.78 Å². The van der Waals surface area contributed by atoms with Gasteiger partial charge in [-0.3, -0.25) is 4.79 Å². The summed E-state index contributed by atoms with van der Waals surface area (Å²) in [5, 5.41) is 0. The van der Waals surface area contributed by atoms with Gasteiger partial charge in [0.25, 0.3) is 0 Å². The quantitative estimate of drug-likeness (QED) is 0.754. The summed E-state index contributed by atoms with van der Waals surface area (Å²) < 4.78 is 26.4. The SMILES string of the molecule is CC(C)(C)SCC(=O)c1c(F)cccc1F. The number of carbonyl (C=O) groups is 1. The largest absolute Gasteiger partial charge is 0.293 e. The van der Waals surface area contributed by atoms with Crippen molar-refractivity contribution in [3.05, 3.63) is 35.4 Å². The second-order valence-electron chi connectivity index (χ2n) is 4.42. The molecule has 0 aliphatic heterocycles. The molecule has 0 aliphatic rings. The van der Waals surface area contributed by atoms with Gasteiger partial charge in [0.2, 0.25) is 0 Å². The fourth-order valence-corrected chi connectivity index (χ4v) is 1.83. The van der Waals surface area contributed by atoms with Gasteiger partial charge in [0.05, 0.1) is 11.3 Å². The van der Waals surface area contributed by atoms with Gasteiger partial charge in [0.1, 0.15) is 11.6 Å². The van der Waals surface area contributed by atoms with E-state index in [2.05, 4.69) is 0 Å². The summed E-state index contributed by atoms with van der Waals surface area (Å²) in [4.78, 5) is 11.6. The Labute approximate surface area is 98.2 Å². The molecule has 0 N–H and O–H groups in total. The topological polar surface area (TPSA) is 17.1 Å². The Morgan fingerprint density at radius 3 is 2.19 bits per heavy atom. The van der Waals surface area contributed by atoms with Crippen molar-refractivity contribution in [2.75, 3.05) is 5.75 Å². The molecule has 0 aliphatic carbocycles. The highest BCUT2D eigenvalue weighted by Crippen LogP contribution is 2.25. The molecule has 0 heterocycles. The molecule has 0 amide bonds. The van der Waals surface area contributed by atoms with Crippen LogP contribution in [-0.2, 0) is 0 Å². The second kappa shape index (κ2) is 4.95. The Bertz CT molecular complexity index is 376. The van der Waals surface area contributed by atoms with E-state index in [9.17, 15) is 13.6 Å². The van der Waals surface area contributed by atoms with Crippen LogP contribution in [0.15, 0.2) is 18.2 Å². The first kappa shape index (κ1) is 13.2. The number of thioether (sulfide) groups is 1. The highest BCUT2D eigenvalue weighted by atomic mass is 32.2. The summed E-state index contributed by atoms with van der Waals surface area (Å²) in [6.07, 6.45) is 0. The standard InChI is InChI=1S/C12H14F2OS/c1-12(2,3)16-7-10(15)11-8(13)5-4-6-9(11)14/h4-6H,7H2,1-3H3. The van der Waals surface area contributed by atoms with Crippen LogP contribution in [0.2, 0.25) is 0 Å². The first-order valence-electron chi connectivity index (χ1n) is 4.92. The van der Waals surface area contributed by atoms with E-state index in [-0.39, 0.29) is 10.5 Å². The van der Waals surface area contributed by atoms with Crippen LogP contribution in [-0.4, -0.2) is 16.3 Å². The fraction of sp³-hybridized carbons (Fsp3) is 0.417. The van der Waals surface area contributed by atoms with E-state index >= 15 is 0 Å². The predicted molar refractivity (Wildman–Crippen MR) is 62.9 cm³/mol. The summed E-state index contributed by atoms with van der Waals surface area (Å²) in [7, 11) is 0. The third-order valence-corrected chi connectivity index (χ3v) is 3.15. The highest BCUT2D eigenvalue weighted by molar-refractivity contribution is 8.01. The van der Waals surface area contributed by atoms with Crippen molar-refractivity contribution in [1.82, 2.24) is 0 Å². The van der Waals surface area contributed by atoms with Gasteiger partial charge >= 0.3 is 0 Å². The van der Waals surface area contributed by atoms with Crippen LogP contribution in [0.5, 0.6) is 0 Å². The zero-order chi connectivity index (χ0) is 12.3. The smallest absolute Gasteiger partial charge is 0.178 e. The van der Waals surface area contributed by atoms with E-state index in [1.807, 2.05) is 20.8 Å². The summed E-state index contributed by atoms with van der Waals surface area (Å²) in [6.45, 7) is 5.84. The molecule has 0 aromatic heterocycles. The average Bonchev–Trinajstić information content (AvgIpc) is 2.13. The molecule has 1 nitrogen and oxygen atoms in total. The van der Waals surface area contributed by atoms with Crippen molar-refractivity contribution < 1.29 is 13.6 Å². The minimum absolute atomic E-state index is 0.0847. The van der Waals surface area contributed by atoms with Crippen LogP contribution in [0, 0.1) is 11.6 Å². The molecule has 0 atom stereocenters. The van der Waals surface area contributed by atoms with Crippen molar-refractivity contribution in [1.29, 1.82) is 0 Å². The Hall–Kier alpha value is -0.900. The molecule has 0 saturated carbocycles. The molecular formula is C12H14F2OS. The number of benzene rings is 1. The minimum Gasteiger partial charge on any atom is -0.293 e. The molecule has 0 saturated heterocycles. The van der Waals surface area contributed by atoms with Gasteiger partial charge < -0.3 is 0 Å². The first-order valence-corrected chi connectivity index (χ1v) is 5.91. The minimum atomic E-state index is -0.792. The monoisotopic (exact) mass is 244 g/mol. The highest BCUT2D eigenvalue weighted by Gasteiger charge is 2.19. The molecule has 0 fully saturated rings. The normalized spacial score (nSPS) is 11.6. The van der Waals surface area contributed by atoms with E-state index in [1.54, 1.807) is 0 Å². The molecule has 1 rings (SSSR count). The van der Waals surface area contributed by atoms with E-state index in [1.165, 1.54) is 17.8 Å². The third kappa shape index (κ3) is 3.59. The maximum absolute atomic E-state index is 13.3. The number of Topliss-reactive ketones (excluding diaryl/α,β-unsaturated/α-hetero) is 1. The second-order valence-corrected chi connectivity index (χ2v) is 6.22. The lowest BCUT2D eigenvalue weighted by Crippen LogP contribution is -2.15. The zero-order valence-electron chi connectivity index (χ0n) is 9.51. The molecule has 0 bridgehead atoms. The zero-order valence-corrected chi connectivity index (χ0v) is 10.3. The number of carbonyl (C=O) groups excluding carboxylic acids is 1. The van der Waals surface area contributed by atoms with Crippen LogP contribution in [0.25, 0.3) is 0 Å². The number of halogens is 2. The molecule has 16 heavy (non-hydrogen) atoms. The summed E-state index contributed by atoms with van der Waals surface area (Å²) in [6, 6.07) is 3.44. The van der Waals surface area contributed by atoms with Crippen molar-refractivity contribution in [2.24, 2.45) is 0 Å². The van der Waals surface area contributed by atoms with Gasteiger partial charge in [-0.15, -0.1) is 11.8 Å². The van der Waals surface area contributed by atoms with Crippen LogP contribution in [0.3, 0.4) is 0 Å². The Morgan fingerprint density at radius 1 is 1.25 bits per heavy atom. The van der Waals surface area contributed by atoms with E-state index in [0.717, 1.165) is 12.1 Å². The van der Waals surface area contributed by atoms with Crippen LogP contribution in [0.1, 0.15) is 31.1 Å². The molecular weight excluding hydrogens is 230 g/mol. The van der Waals surface area contributed by atoms with Gasteiger partial charge in [-0.05, 0) is 12.1 Å². The van der Waals surface area contributed by atoms with Gasteiger partial charge in [-0.1, -0.05) is 26.8 Å². The van der Waals surface area contributed by atoms with Crippen LogP contribution >= 0.6 is 11.8 Å². The summed E-state index contributed by atoms with van der Waals surface area (Å²) in [5.41, 5.74) is -0.431. The molecule has 1 aromatic rings. The van der Waals surface area contributed by atoms with Gasteiger partial charge in [0.15, 0.2) is 5.78 Å². The summed E-state index contributed by atoms with van der Waals surface area (Å²) >= 11 is 1.37. The Balaban J connectivity index is 2.81. The first-order chi connectivity index (χ1) is 7.31. The maximum Gasteiger partial charge on any atom is 0.178 e. The van der Waals surface area contributed by atoms with Crippen molar-refractivity contribution in [3.8, 4) is 0 Å². The number of hydrogen-bond donors (Lipinski definition) is 0. The van der Waals surface area contributed by atoms with E-state index < -0.39 is 23.0 Å². The van der Waals surface area contributed by atoms with Crippen molar-refractivity contribution in [2.45, 2.75) is 25.5 Å². The van der Waals surface area contributed by atoms with E-state index in [4.69, 9.17) is 0 Å². The van der Waals surface area contributed by atoms with Gasteiger partial charge in [0, 0.05) is 4.75 Å². The Morgan fingerprint density at radius 2 is 1.75 bits per heavy atom. The van der Waals surface area contributed by atoms with Crippen LogP contribution in [0.4, 0.5) is 8.78 Å². The summed E-state index contributed by atoms with van der Waals surface area (Å²) in [5.74, 6) is -2.00. The lowest BCUT2D eigenvalue weighted by Gasteiger charge is -2.16. The lowest BCUT2D eigenvalue weighted by molar-refractivity contribution is 0.101. The number of hydrogen-bond acceptors (Lipinski definition) is 2. The molecule has 1 aromatic carbocycles. The molecule has 0 unspecified atom stereocenters. The van der Waals surface area contributed by atoms with Gasteiger partial charge in [-0.2, -0.15) is 0 Å². The van der Waals surface area contributed by atoms with E-state index in [0.29, 0.717) is 0 Å². The average molecular weight is 244 g/mol. The fourth-order valence-electron chi connectivity index (χ4n) is 1.12.